The second-order valence-electron chi connectivity index (χ2n) is 5.18. The minimum Gasteiger partial charge on any atom is -0.334 e. The van der Waals surface area contributed by atoms with Crippen LogP contribution in [0, 0.1) is 6.92 Å². The highest BCUT2D eigenvalue weighted by molar-refractivity contribution is 5.92. The van der Waals surface area contributed by atoms with Gasteiger partial charge in [-0.3, -0.25) is 14.5 Å². The lowest BCUT2D eigenvalue weighted by Gasteiger charge is -2.12. The van der Waals surface area contributed by atoms with Crippen molar-refractivity contribution in [3.05, 3.63) is 47.5 Å². The average molecular weight is 286 g/mol. The summed E-state index contributed by atoms with van der Waals surface area (Å²) in [5, 5.41) is 7.14. The second-order valence-corrected chi connectivity index (χ2v) is 5.18. The van der Waals surface area contributed by atoms with Gasteiger partial charge in [0.05, 0.1) is 11.9 Å². The van der Waals surface area contributed by atoms with E-state index in [-0.39, 0.29) is 18.1 Å². The Balaban J connectivity index is 1.62. The van der Waals surface area contributed by atoms with Crippen molar-refractivity contribution in [3.8, 4) is 0 Å². The third kappa shape index (κ3) is 2.93. The summed E-state index contributed by atoms with van der Waals surface area (Å²) in [4.78, 5) is 16.2. The fourth-order valence-corrected chi connectivity index (χ4v) is 2.52. The molecular formula is C14H18N6O. The number of carbonyl (C=O) groups is 1. The number of amides is 1. The lowest BCUT2D eigenvalue weighted by Crippen LogP contribution is -2.44. The molecule has 0 spiro atoms. The van der Waals surface area contributed by atoms with Crippen LogP contribution < -0.4 is 16.2 Å². The van der Waals surface area contributed by atoms with Crippen molar-refractivity contribution in [1.29, 1.82) is 0 Å². The van der Waals surface area contributed by atoms with E-state index in [1.807, 2.05) is 19.1 Å². The van der Waals surface area contributed by atoms with Crippen LogP contribution in [0.5, 0.6) is 0 Å². The van der Waals surface area contributed by atoms with E-state index >= 15 is 0 Å². The Kier molecular flexibility index (Phi) is 3.68. The van der Waals surface area contributed by atoms with Gasteiger partial charge in [0.25, 0.3) is 5.91 Å². The summed E-state index contributed by atoms with van der Waals surface area (Å²) in [6.07, 6.45) is 4.18. The minimum atomic E-state index is -0.132. The predicted octanol–water partition coefficient (Wildman–Crippen LogP) is 0.419. The van der Waals surface area contributed by atoms with Gasteiger partial charge in [0.2, 0.25) is 0 Å². The van der Waals surface area contributed by atoms with Crippen LogP contribution in [0.3, 0.4) is 0 Å². The zero-order valence-electron chi connectivity index (χ0n) is 12.0. The summed E-state index contributed by atoms with van der Waals surface area (Å²) in [6.45, 7) is 1.87. The van der Waals surface area contributed by atoms with E-state index < -0.39 is 0 Å². The van der Waals surface area contributed by atoms with Crippen LogP contribution in [-0.4, -0.2) is 26.8 Å². The molecule has 3 heterocycles. The Bertz CT molecular complexity index is 638. The molecule has 7 nitrogen and oxygen atoms in total. The number of carbonyl (C=O) groups excluding carboxylic acids is 1. The van der Waals surface area contributed by atoms with E-state index in [0.717, 1.165) is 17.7 Å². The zero-order chi connectivity index (χ0) is 14.8. The molecular weight excluding hydrogens is 268 g/mol. The number of nitrogens with one attached hydrogen (secondary N) is 3. The van der Waals surface area contributed by atoms with Crippen LogP contribution in [0.2, 0.25) is 0 Å². The molecule has 1 aliphatic rings. The minimum absolute atomic E-state index is 0.120. The van der Waals surface area contributed by atoms with Crippen LogP contribution in [0.4, 0.5) is 0 Å². The van der Waals surface area contributed by atoms with Gasteiger partial charge in [-0.25, -0.2) is 10.9 Å². The first-order valence-corrected chi connectivity index (χ1v) is 6.86. The van der Waals surface area contributed by atoms with Crippen molar-refractivity contribution < 1.29 is 4.79 Å². The Hall–Kier alpha value is -2.25. The van der Waals surface area contributed by atoms with Crippen LogP contribution in [0.15, 0.2) is 30.6 Å². The van der Waals surface area contributed by atoms with Crippen molar-refractivity contribution in [1.82, 2.24) is 30.9 Å². The van der Waals surface area contributed by atoms with Crippen molar-refractivity contribution >= 4 is 5.91 Å². The predicted molar refractivity (Wildman–Crippen MR) is 77.1 cm³/mol. The van der Waals surface area contributed by atoms with Gasteiger partial charge in [0, 0.05) is 31.9 Å². The van der Waals surface area contributed by atoms with Gasteiger partial charge >= 0.3 is 0 Å². The maximum absolute atomic E-state index is 12.2. The molecule has 0 saturated carbocycles. The summed E-state index contributed by atoms with van der Waals surface area (Å²) in [5.41, 5.74) is 8.81. The SMILES string of the molecule is Cc1cc(C(=O)NC2CC(c3ccncc3)NN2)n(C)n1. The van der Waals surface area contributed by atoms with E-state index in [4.69, 9.17) is 0 Å². The quantitative estimate of drug-likeness (QED) is 0.761. The summed E-state index contributed by atoms with van der Waals surface area (Å²) in [7, 11) is 1.77. The smallest absolute Gasteiger partial charge is 0.270 e. The standard InChI is InChI=1S/C14H18N6O/c1-9-7-12(20(2)19-9)14(21)16-13-8-11(17-18-13)10-3-5-15-6-4-10/h3-7,11,13,17-18H,8H2,1-2H3,(H,16,21). The van der Waals surface area contributed by atoms with E-state index in [1.54, 1.807) is 30.2 Å². The molecule has 1 saturated heterocycles. The number of pyridine rings is 1. The molecule has 0 aliphatic carbocycles. The highest BCUT2D eigenvalue weighted by atomic mass is 16.2. The number of rotatable bonds is 3. The second kappa shape index (κ2) is 5.63. The van der Waals surface area contributed by atoms with Gasteiger partial charge in [-0.15, -0.1) is 0 Å². The molecule has 0 radical (unpaired) electrons. The van der Waals surface area contributed by atoms with Crippen molar-refractivity contribution in [3.63, 3.8) is 0 Å². The molecule has 21 heavy (non-hydrogen) atoms. The molecule has 0 bridgehead atoms. The number of hydrogen-bond acceptors (Lipinski definition) is 5. The Morgan fingerprint density at radius 3 is 2.81 bits per heavy atom. The topological polar surface area (TPSA) is 83.9 Å². The van der Waals surface area contributed by atoms with Crippen LogP contribution in [0.1, 0.15) is 34.2 Å². The van der Waals surface area contributed by atoms with Crippen LogP contribution in [0.25, 0.3) is 0 Å². The maximum atomic E-state index is 12.2. The molecule has 7 heteroatoms. The molecule has 3 N–H and O–H groups in total. The van der Waals surface area contributed by atoms with Crippen molar-refractivity contribution in [2.45, 2.75) is 25.6 Å². The number of aromatic nitrogens is 3. The van der Waals surface area contributed by atoms with E-state index in [1.165, 1.54) is 0 Å². The summed E-state index contributed by atoms with van der Waals surface area (Å²) in [6, 6.07) is 5.87. The van der Waals surface area contributed by atoms with Gasteiger partial charge in [0.15, 0.2) is 0 Å². The molecule has 1 fully saturated rings. The largest absolute Gasteiger partial charge is 0.334 e. The van der Waals surface area contributed by atoms with Gasteiger partial charge in [-0.1, -0.05) is 0 Å². The zero-order valence-corrected chi connectivity index (χ0v) is 12.0. The fraction of sp³-hybridized carbons (Fsp3) is 0.357. The molecule has 1 amide bonds. The summed E-state index contributed by atoms with van der Waals surface area (Å²) >= 11 is 0. The fourth-order valence-electron chi connectivity index (χ4n) is 2.52. The molecule has 2 aromatic heterocycles. The summed E-state index contributed by atoms with van der Waals surface area (Å²) in [5.74, 6) is -0.132. The Labute approximate surface area is 122 Å². The molecule has 3 rings (SSSR count). The van der Waals surface area contributed by atoms with E-state index in [9.17, 15) is 4.79 Å². The first-order valence-electron chi connectivity index (χ1n) is 6.86. The van der Waals surface area contributed by atoms with Gasteiger partial charge in [0.1, 0.15) is 5.69 Å². The normalized spacial score (nSPS) is 21.4. The average Bonchev–Trinajstić information content (AvgIpc) is 3.06. The molecule has 1 aliphatic heterocycles. The lowest BCUT2D eigenvalue weighted by molar-refractivity contribution is 0.0922. The molecule has 2 unspecified atom stereocenters. The van der Waals surface area contributed by atoms with E-state index in [0.29, 0.717) is 5.69 Å². The van der Waals surface area contributed by atoms with E-state index in [2.05, 4.69) is 26.3 Å². The van der Waals surface area contributed by atoms with Crippen LogP contribution >= 0.6 is 0 Å². The summed E-state index contributed by atoms with van der Waals surface area (Å²) < 4.78 is 1.59. The highest BCUT2D eigenvalue weighted by Crippen LogP contribution is 2.20. The van der Waals surface area contributed by atoms with Gasteiger partial charge in [-0.2, -0.15) is 5.10 Å². The number of aryl methyl sites for hydroxylation is 2. The number of nitrogens with zero attached hydrogens (tertiary/aromatic N) is 3. The molecule has 0 aromatic carbocycles. The van der Waals surface area contributed by atoms with Crippen molar-refractivity contribution in [2.75, 3.05) is 0 Å². The Morgan fingerprint density at radius 1 is 1.38 bits per heavy atom. The number of hydrogen-bond donors (Lipinski definition) is 3. The Morgan fingerprint density at radius 2 is 2.14 bits per heavy atom. The van der Waals surface area contributed by atoms with Gasteiger partial charge in [-0.05, 0) is 30.7 Å². The molecule has 2 atom stereocenters. The third-order valence-corrected chi connectivity index (χ3v) is 3.55. The highest BCUT2D eigenvalue weighted by Gasteiger charge is 2.27. The third-order valence-electron chi connectivity index (χ3n) is 3.55. The molecule has 110 valence electrons. The van der Waals surface area contributed by atoms with Gasteiger partial charge < -0.3 is 5.32 Å². The number of hydrazine groups is 1. The molecule has 2 aromatic rings. The van der Waals surface area contributed by atoms with Crippen molar-refractivity contribution in [2.24, 2.45) is 7.05 Å². The lowest BCUT2D eigenvalue weighted by atomic mass is 10.1. The van der Waals surface area contributed by atoms with Crippen LogP contribution in [-0.2, 0) is 7.05 Å². The monoisotopic (exact) mass is 286 g/mol. The first kappa shape index (κ1) is 13.7. The first-order chi connectivity index (χ1) is 10.1. The maximum Gasteiger partial charge on any atom is 0.270 e.